The monoisotopic (exact) mass is 1600 g/mol. The SMILES string of the molecule is CCC[C@@H]1NC(=O)[C@@H](CC(C)C)NC(=O)c2cccc(n2)C(=O)N[C@@H](CC(C)C)C(=O)N[C@H](CCC)C(=O)Nn2c(=O)c3cc4c(=O)n(c(=O)c4cc3c2=O)NC(=O)[C@@H](CCC)NC(=O)[C@H](CC(C)C)NC(=O)c2cccc(n2)C(=O)N[C@H](CC(C)C)C(=O)N[C@@H](CCC)C(=O)Nn2c(=O)c3cc4c(=O)n(c(=O)c4cc3c2=O)NC1=O. The summed E-state index contributed by atoms with van der Waals surface area (Å²) < 4.78 is 1.31. The highest BCUT2D eigenvalue weighted by Gasteiger charge is 2.36. The van der Waals surface area contributed by atoms with Crippen molar-refractivity contribution in [2.75, 3.05) is 21.7 Å². The normalized spacial score (nSPS) is 20.2. The number of aromatic nitrogens is 6. The van der Waals surface area contributed by atoms with E-state index in [1.807, 2.05) is 0 Å². The molecule has 12 N–H and O–H groups in total. The number of hydrogen-bond donors (Lipinski definition) is 12. The minimum atomic E-state index is -1.47. The maximum Gasteiger partial charge on any atom is 0.280 e. The highest BCUT2D eigenvalue weighted by molar-refractivity contribution is 6.05. The fourth-order valence-corrected chi connectivity index (χ4v) is 13.5. The van der Waals surface area contributed by atoms with E-state index in [4.69, 9.17) is 0 Å². The van der Waals surface area contributed by atoms with E-state index in [1.54, 1.807) is 83.1 Å². The summed E-state index contributed by atoms with van der Waals surface area (Å²) >= 11 is 0. The van der Waals surface area contributed by atoms with Gasteiger partial charge in [0.15, 0.2) is 0 Å². The number of pyridine rings is 2. The molecule has 0 saturated heterocycles. The average Bonchev–Trinajstić information content (AvgIpc) is 1.59. The molecule has 8 aromatic rings. The van der Waals surface area contributed by atoms with Crippen LogP contribution in [-0.4, -0.2) is 148 Å². The molecule has 16 bridgehead atoms. The van der Waals surface area contributed by atoms with Crippen molar-refractivity contribution < 1.29 is 57.5 Å². The zero-order chi connectivity index (χ0) is 85.2. The van der Waals surface area contributed by atoms with Gasteiger partial charge in [-0.3, -0.25) is 118 Å². The Morgan fingerprint density at radius 1 is 0.259 bits per heavy atom. The van der Waals surface area contributed by atoms with Crippen LogP contribution in [0, 0.1) is 23.7 Å². The lowest BCUT2D eigenvalue weighted by Gasteiger charge is -2.24. The second kappa shape index (κ2) is 37.3. The molecule has 0 fully saturated rings. The van der Waals surface area contributed by atoms with Gasteiger partial charge in [-0.2, -0.15) is 18.7 Å². The Balaban J connectivity index is 1.04. The summed E-state index contributed by atoms with van der Waals surface area (Å²) in [6.45, 7) is 20.5. The number of carbonyl (C=O) groups is 12. The number of hydrogen-bond acceptors (Lipinski definition) is 22. The van der Waals surface area contributed by atoms with Crippen molar-refractivity contribution in [1.82, 2.24) is 71.2 Å². The number of nitrogens with zero attached hydrogens (tertiary/aromatic N) is 6. The van der Waals surface area contributed by atoms with Crippen LogP contribution in [-0.2, 0) is 38.4 Å². The van der Waals surface area contributed by atoms with Crippen molar-refractivity contribution in [3.63, 3.8) is 0 Å². The van der Waals surface area contributed by atoms with E-state index < -0.39 is 207 Å². The second-order valence-corrected chi connectivity index (χ2v) is 30.4. The summed E-state index contributed by atoms with van der Waals surface area (Å²) in [4.78, 5) is 291. The molecule has 12 rings (SSSR count). The standard InChI is InChI=1S/C78H94N18O20/c1-13-19-47-67(105)89-93-71(109)39-31-41-42(32-40(39)72(93)110)74(112)94(73(41)111)90-68(106)48(20-14-2)82-65(103)57(29-37(9)10)87-61(99)53-25-18-26-54(80-53)62(100)88-58(30-38(11)12)66(104)84-50(22-16-4)70(108)92-96-77(115)45-33-43-44(34-46(45)78(96)116)76(114)95(75(43)113)91-69(107)49(21-15-3)83-64(102)56(28-36(7)8)86-60(98)52-24-17-23-51(79-52)59(97)85-55(27-35(5)6)63(101)81-47/h17-18,23-26,31-38,47-50,55-58H,13-16,19-22,27-30H2,1-12H3,(H,81,101)(H,82,103)(H,83,102)(H,84,104)(H,85,97)(H,86,98)(H,87,99)(H,88,100)(H,89,105)(H,90,106)(H,91,107)(H,92,108)/t47-,48-,49+,50+,55+,56-,57+,58-. The van der Waals surface area contributed by atoms with Crippen LogP contribution in [0.5, 0.6) is 0 Å². The highest BCUT2D eigenvalue weighted by atomic mass is 16.2. The predicted octanol–water partition coefficient (Wildman–Crippen LogP) is 0.0404. The fourth-order valence-electron chi connectivity index (χ4n) is 13.5. The van der Waals surface area contributed by atoms with E-state index in [0.29, 0.717) is 18.7 Å². The maximum atomic E-state index is 14.3. The molecule has 38 heteroatoms. The van der Waals surface area contributed by atoms with Gasteiger partial charge in [0.1, 0.15) is 71.1 Å². The van der Waals surface area contributed by atoms with Gasteiger partial charge in [-0.25, -0.2) is 9.97 Å². The fraction of sp³-hybridized carbons (Fsp3) is 0.462. The van der Waals surface area contributed by atoms with Crippen LogP contribution < -0.4 is 109 Å². The zero-order valence-electron chi connectivity index (χ0n) is 66.0. The lowest BCUT2D eigenvalue weighted by Crippen LogP contribution is -2.55. The summed E-state index contributed by atoms with van der Waals surface area (Å²) in [5.74, 6) is -12.9. The first kappa shape index (κ1) is 86.9. The third kappa shape index (κ3) is 19.6. The molecule has 6 aromatic heterocycles. The Morgan fingerprint density at radius 3 is 0.586 bits per heavy atom. The third-order valence-electron chi connectivity index (χ3n) is 19.3. The average molecular weight is 1600 g/mol. The van der Waals surface area contributed by atoms with Crippen molar-refractivity contribution in [3.8, 4) is 0 Å². The molecule has 12 amide bonds. The van der Waals surface area contributed by atoms with Crippen LogP contribution in [0.25, 0.3) is 43.1 Å². The van der Waals surface area contributed by atoms with E-state index in [2.05, 4.69) is 74.2 Å². The van der Waals surface area contributed by atoms with Gasteiger partial charge in [0.2, 0.25) is 23.6 Å². The van der Waals surface area contributed by atoms with Crippen molar-refractivity contribution >= 4 is 114 Å². The van der Waals surface area contributed by atoms with E-state index in [-0.39, 0.29) is 123 Å². The van der Waals surface area contributed by atoms with Crippen LogP contribution in [0.3, 0.4) is 0 Å². The van der Waals surface area contributed by atoms with Gasteiger partial charge in [0.05, 0.1) is 43.1 Å². The van der Waals surface area contributed by atoms with Gasteiger partial charge in [0.25, 0.3) is 91.7 Å². The maximum absolute atomic E-state index is 14.3. The van der Waals surface area contributed by atoms with E-state index >= 15 is 0 Å². The molecular weight excluding hydrogens is 1510 g/mol. The van der Waals surface area contributed by atoms with Crippen LogP contribution in [0.1, 0.15) is 202 Å². The molecule has 616 valence electrons. The van der Waals surface area contributed by atoms with Gasteiger partial charge < -0.3 is 42.5 Å². The summed E-state index contributed by atoms with van der Waals surface area (Å²) in [7, 11) is 0. The van der Waals surface area contributed by atoms with E-state index in [1.165, 1.54) is 36.4 Å². The molecule has 4 aliphatic rings. The largest absolute Gasteiger partial charge is 0.342 e. The Morgan fingerprint density at radius 2 is 0.431 bits per heavy atom. The summed E-state index contributed by atoms with van der Waals surface area (Å²) in [6.07, 6.45) is 0.480. The molecule has 10 heterocycles. The Hall–Kier alpha value is -13.1. The quantitative estimate of drug-likeness (QED) is 0.0608. The highest BCUT2D eigenvalue weighted by Crippen LogP contribution is 2.20. The molecule has 4 aliphatic heterocycles. The lowest BCUT2D eigenvalue weighted by atomic mass is 10.0. The molecule has 0 spiro atoms. The van der Waals surface area contributed by atoms with E-state index in [0.717, 1.165) is 24.3 Å². The predicted molar refractivity (Wildman–Crippen MR) is 426 cm³/mol. The van der Waals surface area contributed by atoms with Crippen molar-refractivity contribution in [2.24, 2.45) is 23.7 Å². The van der Waals surface area contributed by atoms with E-state index in [9.17, 15) is 95.9 Å². The molecule has 38 nitrogen and oxygen atoms in total. The lowest BCUT2D eigenvalue weighted by molar-refractivity contribution is -0.128. The minimum Gasteiger partial charge on any atom is -0.342 e. The summed E-state index contributed by atoms with van der Waals surface area (Å²) in [5.41, 5.74) is -1.90. The zero-order valence-corrected chi connectivity index (χ0v) is 66.0. The molecule has 0 aliphatic carbocycles. The van der Waals surface area contributed by atoms with Gasteiger partial charge in [0, 0.05) is 0 Å². The van der Waals surface area contributed by atoms with Gasteiger partial charge in [-0.15, -0.1) is 0 Å². The molecule has 2 aromatic carbocycles. The summed E-state index contributed by atoms with van der Waals surface area (Å²) in [5, 5.41) is 17.1. The number of nitrogens with one attached hydrogen (secondary N) is 12. The number of benzene rings is 2. The molecule has 0 unspecified atom stereocenters. The van der Waals surface area contributed by atoms with Gasteiger partial charge in [-0.1, -0.05) is 121 Å². The smallest absolute Gasteiger partial charge is 0.280 e. The van der Waals surface area contributed by atoms with Crippen LogP contribution in [0.2, 0.25) is 0 Å². The minimum absolute atomic E-state index is 0.0337. The number of rotatable bonds is 16. The first-order valence-corrected chi connectivity index (χ1v) is 38.4. The molecule has 0 saturated carbocycles. The third-order valence-corrected chi connectivity index (χ3v) is 19.3. The Kier molecular flexibility index (Phi) is 27.9. The number of amides is 12. The van der Waals surface area contributed by atoms with Gasteiger partial charge >= 0.3 is 0 Å². The Bertz CT molecular complexity index is 4850. The molecule has 0 radical (unpaired) electrons. The second-order valence-electron chi connectivity index (χ2n) is 30.4. The number of carbonyl (C=O) groups excluding carboxylic acids is 12. The molecular formula is C78H94N18O20. The first-order valence-electron chi connectivity index (χ1n) is 38.4. The van der Waals surface area contributed by atoms with Crippen LogP contribution in [0.4, 0.5) is 0 Å². The molecule has 116 heavy (non-hydrogen) atoms. The topological polar surface area (TPSA) is 531 Å². The van der Waals surface area contributed by atoms with Crippen molar-refractivity contribution in [1.29, 1.82) is 0 Å². The van der Waals surface area contributed by atoms with Crippen molar-refractivity contribution in [3.05, 3.63) is 166 Å². The van der Waals surface area contributed by atoms with Crippen molar-refractivity contribution in [2.45, 2.75) is 208 Å². The van der Waals surface area contributed by atoms with Crippen LogP contribution in [0.15, 0.2) is 99.0 Å². The van der Waals surface area contributed by atoms with Gasteiger partial charge in [-0.05, 0) is 124 Å². The van der Waals surface area contributed by atoms with Crippen LogP contribution >= 0.6 is 0 Å². The summed E-state index contributed by atoms with van der Waals surface area (Å²) in [6, 6.07) is -0.224. The first-order chi connectivity index (χ1) is 54.9. The molecule has 8 atom stereocenters. The Labute approximate surface area is 660 Å².